The summed E-state index contributed by atoms with van der Waals surface area (Å²) < 4.78 is 33.8. The van der Waals surface area contributed by atoms with Gasteiger partial charge in [-0.05, 0) is 49.2 Å². The fraction of sp³-hybridized carbons (Fsp3) is 0.381. The Kier molecular flexibility index (Phi) is 6.43. The topological polar surface area (TPSA) is 79.0 Å². The first-order chi connectivity index (χ1) is 14.4. The number of anilines is 2. The number of nitrogens with zero attached hydrogens (tertiary/aromatic N) is 2. The number of amides is 1. The van der Waals surface area contributed by atoms with E-state index in [1.54, 1.807) is 18.2 Å². The molecular weight excluding hydrogens is 470 g/mol. The zero-order valence-corrected chi connectivity index (χ0v) is 18.9. The molecule has 9 heteroatoms. The number of halogens is 1. The molecule has 2 aromatic rings. The lowest BCUT2D eigenvalue weighted by atomic mass is 10.1. The summed E-state index contributed by atoms with van der Waals surface area (Å²) in [6, 6.07) is 12.2. The Morgan fingerprint density at radius 3 is 2.43 bits per heavy atom. The van der Waals surface area contributed by atoms with Gasteiger partial charge in [0, 0.05) is 42.0 Å². The van der Waals surface area contributed by atoms with Gasteiger partial charge in [0.2, 0.25) is 10.0 Å². The van der Waals surface area contributed by atoms with Gasteiger partial charge < -0.3 is 15.0 Å². The van der Waals surface area contributed by atoms with Crippen molar-refractivity contribution in [2.45, 2.75) is 17.7 Å². The van der Waals surface area contributed by atoms with Crippen molar-refractivity contribution in [1.29, 1.82) is 0 Å². The molecule has 0 spiro atoms. The molecule has 2 aliphatic rings. The van der Waals surface area contributed by atoms with Gasteiger partial charge in [-0.2, -0.15) is 4.31 Å². The monoisotopic (exact) mass is 493 g/mol. The third-order valence-electron chi connectivity index (χ3n) is 5.35. The number of rotatable bonds is 5. The molecule has 160 valence electrons. The third kappa shape index (κ3) is 4.54. The number of ether oxygens (including phenoxy) is 1. The van der Waals surface area contributed by atoms with E-state index in [2.05, 4.69) is 26.1 Å². The second-order valence-electron chi connectivity index (χ2n) is 7.35. The van der Waals surface area contributed by atoms with Crippen molar-refractivity contribution in [2.24, 2.45) is 0 Å². The Hall–Kier alpha value is -1.94. The molecule has 0 saturated carbocycles. The van der Waals surface area contributed by atoms with Crippen LogP contribution in [0.1, 0.15) is 23.2 Å². The van der Waals surface area contributed by atoms with Gasteiger partial charge in [-0.1, -0.05) is 22.0 Å². The summed E-state index contributed by atoms with van der Waals surface area (Å²) in [4.78, 5) is 15.4. The summed E-state index contributed by atoms with van der Waals surface area (Å²) in [5.41, 5.74) is 1.77. The highest BCUT2D eigenvalue weighted by atomic mass is 79.9. The number of hydrogen-bond acceptors (Lipinski definition) is 5. The number of nitrogens with one attached hydrogen (secondary N) is 1. The SMILES string of the molecule is O=C(Nc1cccc(Br)c1)c1cc(S(=O)(=O)N2CCOCC2)ccc1N1CCCC1. The molecule has 0 aliphatic carbocycles. The lowest BCUT2D eigenvalue weighted by Gasteiger charge is -2.27. The van der Waals surface area contributed by atoms with Crippen LogP contribution in [0.5, 0.6) is 0 Å². The number of hydrogen-bond donors (Lipinski definition) is 1. The lowest BCUT2D eigenvalue weighted by Crippen LogP contribution is -2.40. The van der Waals surface area contributed by atoms with E-state index in [1.165, 1.54) is 10.4 Å². The average molecular weight is 494 g/mol. The number of carbonyl (C=O) groups excluding carboxylic acids is 1. The van der Waals surface area contributed by atoms with Crippen LogP contribution in [-0.4, -0.2) is 58.0 Å². The molecule has 0 unspecified atom stereocenters. The molecule has 2 saturated heterocycles. The highest BCUT2D eigenvalue weighted by Crippen LogP contribution is 2.29. The second-order valence-corrected chi connectivity index (χ2v) is 10.2. The quantitative estimate of drug-likeness (QED) is 0.690. The van der Waals surface area contributed by atoms with Crippen LogP contribution in [-0.2, 0) is 14.8 Å². The summed E-state index contributed by atoms with van der Waals surface area (Å²) in [5.74, 6) is -0.325. The van der Waals surface area contributed by atoms with Gasteiger partial charge in [0.05, 0.1) is 23.7 Å². The highest BCUT2D eigenvalue weighted by molar-refractivity contribution is 9.10. The van der Waals surface area contributed by atoms with Crippen molar-refractivity contribution in [2.75, 3.05) is 49.6 Å². The molecule has 2 fully saturated rings. The predicted octanol–water partition coefficient (Wildman–Crippen LogP) is 3.32. The van der Waals surface area contributed by atoms with E-state index in [-0.39, 0.29) is 10.8 Å². The summed E-state index contributed by atoms with van der Waals surface area (Å²) in [6.45, 7) is 3.09. The van der Waals surface area contributed by atoms with Gasteiger partial charge in [-0.25, -0.2) is 8.42 Å². The van der Waals surface area contributed by atoms with E-state index < -0.39 is 10.0 Å². The normalized spacial score (nSPS) is 17.8. The smallest absolute Gasteiger partial charge is 0.257 e. The van der Waals surface area contributed by atoms with E-state index in [0.717, 1.165) is 36.1 Å². The Balaban J connectivity index is 1.70. The molecule has 30 heavy (non-hydrogen) atoms. The Bertz CT molecular complexity index is 1030. The Morgan fingerprint density at radius 1 is 1.00 bits per heavy atom. The molecule has 1 N–H and O–H groups in total. The van der Waals surface area contributed by atoms with Gasteiger partial charge in [0.25, 0.3) is 5.91 Å². The van der Waals surface area contributed by atoms with Gasteiger partial charge in [-0.15, -0.1) is 0 Å². The van der Waals surface area contributed by atoms with Crippen LogP contribution < -0.4 is 10.2 Å². The van der Waals surface area contributed by atoms with Gasteiger partial charge in [0.1, 0.15) is 0 Å². The first-order valence-electron chi connectivity index (χ1n) is 9.99. The number of carbonyl (C=O) groups is 1. The van der Waals surface area contributed by atoms with Crippen molar-refractivity contribution in [1.82, 2.24) is 4.31 Å². The zero-order chi connectivity index (χ0) is 21.1. The molecule has 1 amide bonds. The van der Waals surface area contributed by atoms with Crippen LogP contribution in [0.25, 0.3) is 0 Å². The standard InChI is InChI=1S/C21H24BrN3O4S/c22-16-4-3-5-17(14-16)23-21(26)19-15-18(6-7-20(19)24-8-1-2-9-24)30(27,28)25-10-12-29-13-11-25/h3-7,14-15H,1-2,8-13H2,(H,23,26). The van der Waals surface area contributed by atoms with E-state index >= 15 is 0 Å². The first-order valence-corrected chi connectivity index (χ1v) is 12.2. The molecule has 4 rings (SSSR count). The van der Waals surface area contributed by atoms with E-state index in [9.17, 15) is 13.2 Å². The molecule has 0 aromatic heterocycles. The van der Waals surface area contributed by atoms with E-state index in [0.29, 0.717) is 37.6 Å². The van der Waals surface area contributed by atoms with Crippen molar-refractivity contribution >= 4 is 43.2 Å². The number of sulfonamides is 1. The average Bonchev–Trinajstić information content (AvgIpc) is 3.29. The summed E-state index contributed by atoms with van der Waals surface area (Å²) >= 11 is 3.40. The van der Waals surface area contributed by atoms with Gasteiger partial charge in [-0.3, -0.25) is 4.79 Å². The summed E-state index contributed by atoms with van der Waals surface area (Å²) in [6.07, 6.45) is 2.11. The van der Waals surface area contributed by atoms with E-state index in [4.69, 9.17) is 4.74 Å². The molecule has 0 atom stereocenters. The number of benzene rings is 2. The maximum atomic E-state index is 13.2. The third-order valence-corrected chi connectivity index (χ3v) is 7.74. The fourth-order valence-corrected chi connectivity index (χ4v) is 5.63. The zero-order valence-electron chi connectivity index (χ0n) is 16.5. The molecule has 0 bridgehead atoms. The molecule has 2 heterocycles. The largest absolute Gasteiger partial charge is 0.379 e. The molecule has 2 aromatic carbocycles. The lowest BCUT2D eigenvalue weighted by molar-refractivity contribution is 0.0730. The van der Waals surface area contributed by atoms with Gasteiger partial charge in [0.15, 0.2) is 0 Å². The molecule has 7 nitrogen and oxygen atoms in total. The second kappa shape index (κ2) is 9.05. The van der Waals surface area contributed by atoms with Crippen LogP contribution in [0, 0.1) is 0 Å². The molecule has 0 radical (unpaired) electrons. The van der Waals surface area contributed by atoms with E-state index in [1.807, 2.05) is 18.2 Å². The first kappa shape index (κ1) is 21.3. The van der Waals surface area contributed by atoms with Crippen molar-refractivity contribution in [3.05, 3.63) is 52.5 Å². The minimum atomic E-state index is -3.69. The maximum Gasteiger partial charge on any atom is 0.257 e. The maximum absolute atomic E-state index is 13.2. The number of morpholine rings is 1. The minimum Gasteiger partial charge on any atom is -0.379 e. The van der Waals surface area contributed by atoms with Crippen LogP contribution in [0.2, 0.25) is 0 Å². The highest BCUT2D eigenvalue weighted by Gasteiger charge is 2.29. The van der Waals surface area contributed by atoms with Gasteiger partial charge >= 0.3 is 0 Å². The summed E-state index contributed by atoms with van der Waals surface area (Å²) in [5, 5.41) is 2.90. The Morgan fingerprint density at radius 2 is 1.73 bits per heavy atom. The molecular formula is C21H24BrN3O4S. The van der Waals surface area contributed by atoms with Crippen molar-refractivity contribution in [3.63, 3.8) is 0 Å². The van der Waals surface area contributed by atoms with Crippen LogP contribution in [0.15, 0.2) is 51.8 Å². The minimum absolute atomic E-state index is 0.131. The van der Waals surface area contributed by atoms with Crippen LogP contribution >= 0.6 is 15.9 Å². The predicted molar refractivity (Wildman–Crippen MR) is 120 cm³/mol. The van der Waals surface area contributed by atoms with Crippen LogP contribution in [0.4, 0.5) is 11.4 Å². The Labute approximate surface area is 185 Å². The van der Waals surface area contributed by atoms with Crippen molar-refractivity contribution in [3.8, 4) is 0 Å². The summed E-state index contributed by atoms with van der Waals surface area (Å²) in [7, 11) is -3.69. The fourth-order valence-electron chi connectivity index (χ4n) is 3.79. The van der Waals surface area contributed by atoms with Crippen LogP contribution in [0.3, 0.4) is 0 Å². The van der Waals surface area contributed by atoms with Crippen molar-refractivity contribution < 1.29 is 17.9 Å². The molecule has 2 aliphatic heterocycles.